The molecule has 0 fully saturated rings. The second-order valence-corrected chi connectivity index (χ2v) is 5.05. The van der Waals surface area contributed by atoms with E-state index in [1.54, 1.807) is 30.7 Å². The number of carboxylic acids is 1. The van der Waals surface area contributed by atoms with Crippen molar-refractivity contribution in [2.24, 2.45) is 0 Å². The molecule has 1 heterocycles. The second kappa shape index (κ2) is 5.63. The molecule has 0 aliphatic rings. The number of benzene rings is 1. The number of rotatable bonds is 4. The topological polar surface area (TPSA) is 55.1 Å². The Morgan fingerprint density at radius 3 is 2.75 bits per heavy atom. The van der Waals surface area contributed by atoms with Crippen molar-refractivity contribution in [2.45, 2.75) is 26.8 Å². The molecule has 1 N–H and O–H groups in total. The van der Waals surface area contributed by atoms with Crippen LogP contribution in [0.1, 0.15) is 22.5 Å². The van der Waals surface area contributed by atoms with Crippen molar-refractivity contribution in [1.82, 2.24) is 9.78 Å². The summed E-state index contributed by atoms with van der Waals surface area (Å²) in [5.41, 5.74) is 2.52. The third kappa shape index (κ3) is 2.99. The number of aromatic nitrogens is 2. The predicted molar refractivity (Wildman–Crippen MR) is 73.6 cm³/mol. The number of carboxylic acid groups (broad SMARTS) is 1. The van der Waals surface area contributed by atoms with Gasteiger partial charge in [-0.2, -0.15) is 5.10 Å². The average molecular weight is 297 g/mol. The number of hydrogen-bond donors (Lipinski definition) is 1. The van der Waals surface area contributed by atoms with Crippen LogP contribution in [-0.4, -0.2) is 20.9 Å². The molecule has 0 unspecified atom stereocenters. The standard InChI is InChI=1S/C14H14ClFN2O2/c1-8-12(6-14(19)20)9(2)18(17-8)7-10-3-4-11(15)5-13(10)16/h3-5H,6-7H2,1-2H3,(H,19,20). The Hall–Kier alpha value is -1.88. The molecule has 2 aromatic rings. The molecule has 0 saturated heterocycles. The number of hydrogen-bond acceptors (Lipinski definition) is 2. The monoisotopic (exact) mass is 296 g/mol. The lowest BCUT2D eigenvalue weighted by atomic mass is 10.1. The molecule has 20 heavy (non-hydrogen) atoms. The number of aryl methyl sites for hydroxylation is 1. The molecule has 0 aliphatic carbocycles. The largest absolute Gasteiger partial charge is 0.481 e. The molecule has 106 valence electrons. The Morgan fingerprint density at radius 1 is 1.45 bits per heavy atom. The highest BCUT2D eigenvalue weighted by Gasteiger charge is 2.15. The van der Waals surface area contributed by atoms with Crippen LogP contribution < -0.4 is 0 Å². The molecular formula is C14H14ClFN2O2. The van der Waals surface area contributed by atoms with Crippen molar-refractivity contribution in [1.29, 1.82) is 0 Å². The summed E-state index contributed by atoms with van der Waals surface area (Å²) in [6.07, 6.45) is -0.0826. The maximum atomic E-state index is 13.8. The van der Waals surface area contributed by atoms with Gasteiger partial charge in [0.15, 0.2) is 0 Å². The van der Waals surface area contributed by atoms with Crippen molar-refractivity contribution < 1.29 is 14.3 Å². The molecule has 0 amide bonds. The lowest BCUT2D eigenvalue weighted by Crippen LogP contribution is -2.07. The fourth-order valence-electron chi connectivity index (χ4n) is 2.11. The van der Waals surface area contributed by atoms with E-state index in [-0.39, 0.29) is 13.0 Å². The summed E-state index contributed by atoms with van der Waals surface area (Å²) in [7, 11) is 0. The van der Waals surface area contributed by atoms with Crippen LogP contribution in [-0.2, 0) is 17.8 Å². The molecule has 4 nitrogen and oxygen atoms in total. The Bertz CT molecular complexity index is 667. The van der Waals surface area contributed by atoms with Crippen LogP contribution in [0.5, 0.6) is 0 Å². The number of nitrogens with zero attached hydrogens (tertiary/aromatic N) is 2. The molecule has 0 radical (unpaired) electrons. The van der Waals surface area contributed by atoms with Crippen LogP contribution >= 0.6 is 11.6 Å². The van der Waals surface area contributed by atoms with Gasteiger partial charge in [0.25, 0.3) is 0 Å². The third-order valence-electron chi connectivity index (χ3n) is 3.19. The first kappa shape index (κ1) is 14.5. The second-order valence-electron chi connectivity index (χ2n) is 4.61. The van der Waals surface area contributed by atoms with Gasteiger partial charge in [-0.15, -0.1) is 0 Å². The summed E-state index contributed by atoms with van der Waals surface area (Å²) in [6, 6.07) is 4.47. The fourth-order valence-corrected chi connectivity index (χ4v) is 2.27. The van der Waals surface area contributed by atoms with Crippen molar-refractivity contribution in [2.75, 3.05) is 0 Å². The molecule has 0 atom stereocenters. The smallest absolute Gasteiger partial charge is 0.307 e. The maximum Gasteiger partial charge on any atom is 0.307 e. The molecule has 2 rings (SSSR count). The molecule has 0 spiro atoms. The first-order valence-electron chi connectivity index (χ1n) is 6.07. The summed E-state index contributed by atoms with van der Waals surface area (Å²) in [6.45, 7) is 3.78. The van der Waals surface area contributed by atoms with Gasteiger partial charge in [-0.3, -0.25) is 9.48 Å². The Labute approximate surface area is 120 Å². The summed E-state index contributed by atoms with van der Waals surface area (Å²) >= 11 is 5.71. The maximum absolute atomic E-state index is 13.8. The molecule has 0 saturated carbocycles. The summed E-state index contributed by atoms with van der Waals surface area (Å²) < 4.78 is 15.4. The van der Waals surface area contributed by atoms with Crippen LogP contribution in [0, 0.1) is 19.7 Å². The van der Waals surface area contributed by atoms with Crippen molar-refractivity contribution in [3.8, 4) is 0 Å². The first-order chi connectivity index (χ1) is 9.38. The van der Waals surface area contributed by atoms with Gasteiger partial charge in [0.2, 0.25) is 0 Å². The normalized spacial score (nSPS) is 10.8. The van der Waals surface area contributed by atoms with E-state index in [2.05, 4.69) is 5.10 Å². The summed E-state index contributed by atoms with van der Waals surface area (Å²) in [4.78, 5) is 10.8. The highest BCUT2D eigenvalue weighted by atomic mass is 35.5. The van der Waals surface area contributed by atoms with E-state index in [4.69, 9.17) is 16.7 Å². The van der Waals surface area contributed by atoms with E-state index in [1.807, 2.05) is 0 Å². The van der Waals surface area contributed by atoms with Gasteiger partial charge in [0.05, 0.1) is 18.7 Å². The van der Waals surface area contributed by atoms with Gasteiger partial charge in [-0.1, -0.05) is 17.7 Å². The molecule has 0 aliphatic heterocycles. The lowest BCUT2D eigenvalue weighted by molar-refractivity contribution is -0.136. The van der Waals surface area contributed by atoms with Gasteiger partial charge in [-0.05, 0) is 26.0 Å². The minimum absolute atomic E-state index is 0.0826. The Kier molecular flexibility index (Phi) is 4.09. The van der Waals surface area contributed by atoms with Gasteiger partial charge in [0, 0.05) is 21.8 Å². The quantitative estimate of drug-likeness (QED) is 0.943. The van der Waals surface area contributed by atoms with Crippen LogP contribution in [0.4, 0.5) is 4.39 Å². The minimum atomic E-state index is -0.909. The summed E-state index contributed by atoms with van der Waals surface area (Å²) in [5, 5.41) is 13.5. The highest BCUT2D eigenvalue weighted by molar-refractivity contribution is 6.30. The van der Waals surface area contributed by atoms with Crippen molar-refractivity contribution in [3.63, 3.8) is 0 Å². The van der Waals surface area contributed by atoms with Crippen LogP contribution in [0.15, 0.2) is 18.2 Å². The third-order valence-corrected chi connectivity index (χ3v) is 3.43. The van der Waals surface area contributed by atoms with Gasteiger partial charge in [-0.25, -0.2) is 4.39 Å². The number of carbonyl (C=O) groups is 1. The molecule has 0 bridgehead atoms. The van der Waals surface area contributed by atoms with Crippen molar-refractivity contribution in [3.05, 3.63) is 51.6 Å². The van der Waals surface area contributed by atoms with E-state index in [0.29, 0.717) is 21.8 Å². The van der Waals surface area contributed by atoms with E-state index in [9.17, 15) is 9.18 Å². The molecular weight excluding hydrogens is 283 g/mol. The SMILES string of the molecule is Cc1nn(Cc2ccc(Cl)cc2F)c(C)c1CC(=O)O. The van der Waals surface area contributed by atoms with E-state index in [0.717, 1.165) is 5.69 Å². The van der Waals surface area contributed by atoms with Gasteiger partial charge < -0.3 is 5.11 Å². The molecule has 1 aromatic carbocycles. The fraction of sp³-hybridized carbons (Fsp3) is 0.286. The highest BCUT2D eigenvalue weighted by Crippen LogP contribution is 2.19. The average Bonchev–Trinajstić information content (AvgIpc) is 2.60. The molecule has 1 aromatic heterocycles. The first-order valence-corrected chi connectivity index (χ1v) is 6.45. The van der Waals surface area contributed by atoms with Crippen LogP contribution in [0.25, 0.3) is 0 Å². The Balaban J connectivity index is 2.32. The van der Waals surface area contributed by atoms with E-state index < -0.39 is 11.8 Å². The van der Waals surface area contributed by atoms with Crippen LogP contribution in [0.2, 0.25) is 5.02 Å². The number of aliphatic carboxylic acids is 1. The zero-order valence-corrected chi connectivity index (χ0v) is 11.9. The van der Waals surface area contributed by atoms with Crippen LogP contribution in [0.3, 0.4) is 0 Å². The van der Waals surface area contributed by atoms with Gasteiger partial charge >= 0.3 is 5.97 Å². The van der Waals surface area contributed by atoms with E-state index in [1.165, 1.54) is 6.07 Å². The minimum Gasteiger partial charge on any atom is -0.481 e. The molecule has 6 heteroatoms. The summed E-state index contributed by atoms with van der Waals surface area (Å²) in [5.74, 6) is -1.31. The lowest BCUT2D eigenvalue weighted by Gasteiger charge is -2.07. The van der Waals surface area contributed by atoms with Gasteiger partial charge in [0.1, 0.15) is 5.82 Å². The zero-order chi connectivity index (χ0) is 14.9. The predicted octanol–water partition coefficient (Wildman–Crippen LogP) is 2.97. The Morgan fingerprint density at radius 2 is 2.15 bits per heavy atom. The number of halogens is 2. The van der Waals surface area contributed by atoms with Crippen molar-refractivity contribution >= 4 is 17.6 Å². The zero-order valence-electron chi connectivity index (χ0n) is 11.2. The van der Waals surface area contributed by atoms with E-state index >= 15 is 0 Å².